The summed E-state index contributed by atoms with van der Waals surface area (Å²) in [5.74, 6) is 2.06. The zero-order valence-corrected chi connectivity index (χ0v) is 11.1. The molecule has 1 aromatic carbocycles. The lowest BCUT2D eigenvalue weighted by Crippen LogP contribution is -1.98. The maximum absolute atomic E-state index is 11.2. The molecule has 0 heterocycles. The monoisotopic (exact) mass is 254 g/mol. The lowest BCUT2D eigenvalue weighted by molar-refractivity contribution is 0.108. The van der Waals surface area contributed by atoms with Gasteiger partial charge in [-0.2, -0.15) is 0 Å². The number of carbonyl (C=O) groups is 1. The summed E-state index contributed by atoms with van der Waals surface area (Å²) in [5.41, 5.74) is 2.92. The Kier molecular flexibility index (Phi) is 3.60. The fourth-order valence-corrected chi connectivity index (χ4v) is 3.31. The number of hydrogen-bond acceptors (Lipinski definition) is 2. The fraction of sp³-hybridized carbons (Fsp3) is 0.462. The summed E-state index contributed by atoms with van der Waals surface area (Å²) in [4.78, 5) is 12.5. The second-order valence-electron chi connectivity index (χ2n) is 4.41. The molecule has 1 aromatic rings. The van der Waals surface area contributed by atoms with E-state index in [0.717, 1.165) is 11.5 Å². The Hall–Kier alpha value is -0.470. The van der Waals surface area contributed by atoms with Crippen molar-refractivity contribution in [3.8, 4) is 0 Å². The Morgan fingerprint density at radius 3 is 2.69 bits per heavy atom. The number of aryl methyl sites for hydroxylation is 1. The van der Waals surface area contributed by atoms with Crippen molar-refractivity contribution in [1.82, 2.24) is 0 Å². The van der Waals surface area contributed by atoms with E-state index in [0.29, 0.717) is 5.56 Å². The molecule has 0 spiro atoms. The molecule has 1 saturated carbocycles. The number of halogens is 1. The lowest BCUT2D eigenvalue weighted by Gasteiger charge is -2.11. The minimum atomic E-state index is -0.356. The first-order chi connectivity index (χ1) is 7.59. The highest BCUT2D eigenvalue weighted by molar-refractivity contribution is 7.99. The van der Waals surface area contributed by atoms with E-state index in [4.69, 9.17) is 11.6 Å². The number of benzene rings is 1. The van der Waals surface area contributed by atoms with Crippen molar-refractivity contribution in [1.29, 1.82) is 0 Å². The third kappa shape index (κ3) is 2.61. The Labute approximate surface area is 106 Å². The summed E-state index contributed by atoms with van der Waals surface area (Å²) in [5, 5.41) is -0.356. The van der Waals surface area contributed by atoms with Crippen molar-refractivity contribution in [2.24, 2.45) is 5.92 Å². The zero-order chi connectivity index (χ0) is 11.7. The molecule has 16 heavy (non-hydrogen) atoms. The first-order valence-electron chi connectivity index (χ1n) is 5.52. The number of carbonyl (C=O) groups excluding carboxylic acids is 1. The molecule has 0 unspecified atom stereocenters. The van der Waals surface area contributed by atoms with E-state index < -0.39 is 0 Å². The van der Waals surface area contributed by atoms with Gasteiger partial charge in [-0.15, -0.1) is 11.8 Å². The maximum Gasteiger partial charge on any atom is 0.252 e. The van der Waals surface area contributed by atoms with Crippen molar-refractivity contribution >= 4 is 28.6 Å². The van der Waals surface area contributed by atoms with Crippen LogP contribution in [0.25, 0.3) is 0 Å². The first-order valence-corrected chi connectivity index (χ1v) is 6.88. The van der Waals surface area contributed by atoms with Crippen LogP contribution >= 0.6 is 23.4 Å². The average Bonchev–Trinajstić information content (AvgIpc) is 3.00. The van der Waals surface area contributed by atoms with Gasteiger partial charge in [0.1, 0.15) is 0 Å². The third-order valence-electron chi connectivity index (χ3n) is 2.97. The van der Waals surface area contributed by atoms with Gasteiger partial charge in [0, 0.05) is 16.2 Å². The number of hydrogen-bond donors (Lipinski definition) is 0. The van der Waals surface area contributed by atoms with Gasteiger partial charge < -0.3 is 0 Å². The summed E-state index contributed by atoms with van der Waals surface area (Å²) >= 11 is 7.42. The minimum absolute atomic E-state index is 0.356. The van der Waals surface area contributed by atoms with Crippen molar-refractivity contribution in [3.05, 3.63) is 28.8 Å². The predicted molar refractivity (Wildman–Crippen MR) is 69.5 cm³/mol. The molecule has 0 N–H and O–H groups in total. The molecule has 3 heteroatoms. The van der Waals surface area contributed by atoms with Crippen LogP contribution in [-0.4, -0.2) is 11.0 Å². The molecule has 1 nitrogen and oxygen atoms in total. The molecule has 1 fully saturated rings. The lowest BCUT2D eigenvalue weighted by atomic mass is 10.1. The molecule has 2 rings (SSSR count). The van der Waals surface area contributed by atoms with Crippen LogP contribution in [0, 0.1) is 19.8 Å². The predicted octanol–water partition coefficient (Wildman–Crippen LogP) is 4.18. The van der Waals surface area contributed by atoms with Crippen molar-refractivity contribution in [2.45, 2.75) is 31.6 Å². The summed E-state index contributed by atoms with van der Waals surface area (Å²) in [7, 11) is 0. The summed E-state index contributed by atoms with van der Waals surface area (Å²) in [6.07, 6.45) is 2.72. The van der Waals surface area contributed by atoms with E-state index in [9.17, 15) is 4.79 Å². The molecule has 0 saturated heterocycles. The van der Waals surface area contributed by atoms with E-state index in [1.54, 1.807) is 0 Å². The summed E-state index contributed by atoms with van der Waals surface area (Å²) < 4.78 is 0. The fourth-order valence-electron chi connectivity index (χ4n) is 1.75. The number of thioether (sulfide) groups is 1. The second kappa shape index (κ2) is 4.80. The van der Waals surface area contributed by atoms with E-state index in [1.165, 1.54) is 29.1 Å². The molecule has 86 valence electrons. The quantitative estimate of drug-likeness (QED) is 0.592. The molecular formula is C13H15ClOS. The maximum atomic E-state index is 11.2. The molecule has 0 amide bonds. The van der Waals surface area contributed by atoms with Crippen LogP contribution in [0.15, 0.2) is 17.0 Å². The van der Waals surface area contributed by atoms with Crippen LogP contribution in [0.3, 0.4) is 0 Å². The highest BCUT2D eigenvalue weighted by atomic mass is 35.5. The molecular weight excluding hydrogens is 240 g/mol. The van der Waals surface area contributed by atoms with Gasteiger partial charge in [0.25, 0.3) is 5.24 Å². The highest BCUT2D eigenvalue weighted by Gasteiger charge is 2.22. The Bertz CT molecular complexity index is 424. The number of rotatable bonds is 4. The summed E-state index contributed by atoms with van der Waals surface area (Å²) in [6.45, 7) is 4.07. The van der Waals surface area contributed by atoms with Gasteiger partial charge in [0.2, 0.25) is 0 Å². The van der Waals surface area contributed by atoms with Crippen LogP contribution in [0.1, 0.15) is 34.3 Å². The van der Waals surface area contributed by atoms with E-state index in [1.807, 2.05) is 30.8 Å². The molecule has 0 aromatic heterocycles. The molecule has 1 aliphatic rings. The van der Waals surface area contributed by atoms with E-state index in [2.05, 4.69) is 6.92 Å². The van der Waals surface area contributed by atoms with Gasteiger partial charge in [-0.1, -0.05) is 6.07 Å². The Morgan fingerprint density at radius 1 is 1.44 bits per heavy atom. The van der Waals surface area contributed by atoms with Gasteiger partial charge >= 0.3 is 0 Å². The van der Waals surface area contributed by atoms with Crippen LogP contribution in [0.4, 0.5) is 0 Å². The van der Waals surface area contributed by atoms with Gasteiger partial charge in [-0.05, 0) is 61.4 Å². The van der Waals surface area contributed by atoms with Crippen LogP contribution in [-0.2, 0) is 0 Å². The Morgan fingerprint density at radius 2 is 2.12 bits per heavy atom. The minimum Gasteiger partial charge on any atom is -0.276 e. The Balaban J connectivity index is 2.25. The highest BCUT2D eigenvalue weighted by Crippen LogP contribution is 2.37. The average molecular weight is 255 g/mol. The largest absolute Gasteiger partial charge is 0.276 e. The van der Waals surface area contributed by atoms with E-state index >= 15 is 0 Å². The second-order valence-corrected chi connectivity index (χ2v) is 5.79. The van der Waals surface area contributed by atoms with Gasteiger partial charge in [0.05, 0.1) is 0 Å². The van der Waals surface area contributed by atoms with Gasteiger partial charge in [-0.25, -0.2) is 0 Å². The molecule has 0 radical (unpaired) electrons. The van der Waals surface area contributed by atoms with Crippen LogP contribution < -0.4 is 0 Å². The standard InChI is InChI=1S/C13H15ClOS/c1-8-3-6-11(13(14)15)9(2)12(8)16-7-10-4-5-10/h3,6,10H,4-5,7H2,1-2H3. The van der Waals surface area contributed by atoms with Crippen LogP contribution in [0.2, 0.25) is 0 Å². The normalized spacial score (nSPS) is 15.2. The SMILES string of the molecule is Cc1ccc(C(=O)Cl)c(C)c1SCC1CC1. The topological polar surface area (TPSA) is 17.1 Å². The molecule has 0 atom stereocenters. The van der Waals surface area contributed by atoms with Crippen molar-refractivity contribution in [3.63, 3.8) is 0 Å². The van der Waals surface area contributed by atoms with Crippen molar-refractivity contribution in [2.75, 3.05) is 5.75 Å². The molecule has 1 aliphatic carbocycles. The first kappa shape index (κ1) is 12.0. The van der Waals surface area contributed by atoms with Crippen LogP contribution in [0.5, 0.6) is 0 Å². The van der Waals surface area contributed by atoms with Gasteiger partial charge in [-0.3, -0.25) is 4.79 Å². The smallest absolute Gasteiger partial charge is 0.252 e. The van der Waals surface area contributed by atoms with Crippen molar-refractivity contribution < 1.29 is 4.79 Å². The van der Waals surface area contributed by atoms with E-state index in [-0.39, 0.29) is 5.24 Å². The van der Waals surface area contributed by atoms with Gasteiger partial charge in [0.15, 0.2) is 0 Å². The third-order valence-corrected chi connectivity index (χ3v) is 4.73. The summed E-state index contributed by atoms with van der Waals surface area (Å²) in [6, 6.07) is 3.80. The zero-order valence-electron chi connectivity index (χ0n) is 9.55. The molecule has 0 bridgehead atoms. The molecule has 0 aliphatic heterocycles.